The van der Waals surface area contributed by atoms with E-state index >= 15 is 0 Å². The molecule has 0 radical (unpaired) electrons. The molecule has 0 saturated carbocycles. The van der Waals surface area contributed by atoms with Gasteiger partial charge in [0.2, 0.25) is 5.65 Å². The number of esters is 1. The van der Waals surface area contributed by atoms with Gasteiger partial charge in [0, 0.05) is 13.1 Å². The van der Waals surface area contributed by atoms with Gasteiger partial charge in [-0.3, -0.25) is 9.24 Å². The average Bonchev–Trinajstić information content (AvgIpc) is 3.15. The van der Waals surface area contributed by atoms with Gasteiger partial charge in [-0.1, -0.05) is 0 Å². The maximum atomic E-state index is 11.9. The van der Waals surface area contributed by atoms with Crippen molar-refractivity contribution in [2.45, 2.75) is 46.1 Å². The van der Waals surface area contributed by atoms with Crippen molar-refractivity contribution in [3.63, 3.8) is 0 Å². The number of carbonyl (C=O) groups is 2. The van der Waals surface area contributed by atoms with Gasteiger partial charge in [0.25, 0.3) is 0 Å². The molecule has 11 nitrogen and oxygen atoms in total. The molecule has 172 valence electrons. The quantitative estimate of drug-likeness (QED) is 0.275. The number of fused-ring (bicyclic) bond motifs is 3. The highest BCUT2D eigenvalue weighted by Crippen LogP contribution is 2.23. The Kier molecular flexibility index (Phi) is 7.08. The van der Waals surface area contributed by atoms with Crippen molar-refractivity contribution in [1.82, 2.24) is 30.4 Å². The molecule has 2 heterocycles. The Bertz CT molecular complexity index is 1120. The molecule has 0 saturated heterocycles. The van der Waals surface area contributed by atoms with E-state index < -0.39 is 11.6 Å². The number of unbranched alkanes of at least 4 members (excludes halogenated alkanes) is 1. The van der Waals surface area contributed by atoms with E-state index in [1.807, 2.05) is 38.2 Å². The number of nitrogens with zero attached hydrogens (tertiary/aromatic N) is 4. The third-order valence-corrected chi connectivity index (χ3v) is 4.54. The third-order valence-electron chi connectivity index (χ3n) is 4.54. The second kappa shape index (κ2) is 9.77. The predicted octanol–water partition coefficient (Wildman–Crippen LogP) is 2.59. The fourth-order valence-corrected chi connectivity index (χ4v) is 3.03. The minimum Gasteiger partial charge on any atom is -0.465 e. The molecular weight excluding hydrogens is 414 g/mol. The smallest absolute Gasteiger partial charge is 0.338 e. The average molecular weight is 444 g/mol. The van der Waals surface area contributed by atoms with Crippen molar-refractivity contribution < 1.29 is 19.2 Å². The molecule has 32 heavy (non-hydrogen) atoms. The van der Waals surface area contributed by atoms with Crippen molar-refractivity contribution in [3.05, 3.63) is 29.6 Å². The molecule has 0 spiro atoms. The van der Waals surface area contributed by atoms with E-state index in [0.717, 1.165) is 18.4 Å². The minimum absolute atomic E-state index is 0.369. The number of ether oxygens (including phenoxy) is 1. The first-order valence-corrected chi connectivity index (χ1v) is 10.4. The highest BCUT2D eigenvalue weighted by atomic mass is 16.7. The molecule has 11 heteroatoms. The molecule has 3 rings (SSSR count). The number of hydrogen-bond donors (Lipinski definition) is 3. The zero-order chi connectivity index (χ0) is 23.3. The van der Waals surface area contributed by atoms with Crippen LogP contribution in [0.1, 0.15) is 49.8 Å². The number of nitrogens with one attached hydrogen (secondary N) is 3. The van der Waals surface area contributed by atoms with Crippen LogP contribution in [0.3, 0.4) is 0 Å². The summed E-state index contributed by atoms with van der Waals surface area (Å²) >= 11 is 0. The standard InChI is InChI=1S/C21H29N7O4/c1-13-25-26-18-17(22-10-6-7-11-23-20(30)27-32-21(2,3)4)24-15-12-14(19(29)31-5)8-9-16(15)28(13)18/h8-9,12H,6-7,10-11H2,1-5H3,(H,22,24)(H2,23,27,30). The van der Waals surface area contributed by atoms with Gasteiger partial charge in [-0.05, 0) is 58.7 Å². The van der Waals surface area contributed by atoms with Gasteiger partial charge < -0.3 is 15.4 Å². The molecule has 0 unspecified atom stereocenters. The summed E-state index contributed by atoms with van der Waals surface area (Å²) in [6.45, 7) is 8.54. The van der Waals surface area contributed by atoms with Gasteiger partial charge in [-0.2, -0.15) is 0 Å². The maximum Gasteiger partial charge on any atom is 0.338 e. The zero-order valence-electron chi connectivity index (χ0n) is 19.0. The Labute approximate surface area is 185 Å². The lowest BCUT2D eigenvalue weighted by molar-refractivity contribution is -0.0528. The number of urea groups is 1. The number of anilines is 1. The number of carbonyl (C=O) groups excluding carboxylic acids is 2. The molecule has 0 aliphatic rings. The Hall–Kier alpha value is -3.47. The summed E-state index contributed by atoms with van der Waals surface area (Å²) in [6.07, 6.45) is 1.56. The summed E-state index contributed by atoms with van der Waals surface area (Å²) in [5.74, 6) is 0.867. The molecule has 0 bridgehead atoms. The molecular formula is C21H29N7O4. The minimum atomic E-state index is -0.447. The van der Waals surface area contributed by atoms with Gasteiger partial charge in [0.05, 0.1) is 29.3 Å². The molecule has 0 fully saturated rings. The maximum absolute atomic E-state index is 11.9. The normalized spacial score (nSPS) is 11.5. The van der Waals surface area contributed by atoms with Crippen LogP contribution in [0.25, 0.3) is 16.7 Å². The van der Waals surface area contributed by atoms with Crippen molar-refractivity contribution in [1.29, 1.82) is 0 Å². The molecule has 0 atom stereocenters. The predicted molar refractivity (Wildman–Crippen MR) is 119 cm³/mol. The molecule has 2 aromatic heterocycles. The first-order valence-electron chi connectivity index (χ1n) is 10.4. The van der Waals surface area contributed by atoms with Crippen LogP contribution in [0.2, 0.25) is 0 Å². The summed E-state index contributed by atoms with van der Waals surface area (Å²) in [5, 5.41) is 14.4. The second-order valence-electron chi connectivity index (χ2n) is 8.27. The lowest BCUT2D eigenvalue weighted by atomic mass is 10.2. The van der Waals surface area contributed by atoms with Crippen LogP contribution < -0.4 is 16.1 Å². The molecule has 0 aliphatic heterocycles. The summed E-state index contributed by atoms with van der Waals surface area (Å²) in [7, 11) is 1.34. The van der Waals surface area contributed by atoms with Crippen molar-refractivity contribution in [2.75, 3.05) is 25.5 Å². The van der Waals surface area contributed by atoms with Crippen LogP contribution in [0, 0.1) is 6.92 Å². The summed E-state index contributed by atoms with van der Waals surface area (Å²) in [4.78, 5) is 33.4. The van der Waals surface area contributed by atoms with Crippen LogP contribution in [0.4, 0.5) is 10.6 Å². The first kappa shape index (κ1) is 23.2. The molecule has 3 aromatic rings. The Morgan fingerprint density at radius 2 is 1.88 bits per heavy atom. The van der Waals surface area contributed by atoms with E-state index in [2.05, 4.69) is 31.3 Å². The lowest BCUT2D eigenvalue weighted by Crippen LogP contribution is -2.40. The fourth-order valence-electron chi connectivity index (χ4n) is 3.03. The first-order chi connectivity index (χ1) is 15.2. The van der Waals surface area contributed by atoms with Gasteiger partial charge in [0.1, 0.15) is 5.82 Å². The SMILES string of the molecule is COC(=O)c1ccc2c(c1)nc(NCCCCNC(=O)NOC(C)(C)C)c1nnc(C)n12. The fraction of sp³-hybridized carbons (Fsp3) is 0.476. The van der Waals surface area contributed by atoms with Crippen molar-refractivity contribution >= 4 is 34.5 Å². The second-order valence-corrected chi connectivity index (χ2v) is 8.27. The Morgan fingerprint density at radius 3 is 2.59 bits per heavy atom. The van der Waals surface area contributed by atoms with Gasteiger partial charge >= 0.3 is 12.0 Å². The van der Waals surface area contributed by atoms with E-state index in [1.165, 1.54) is 7.11 Å². The van der Waals surface area contributed by atoms with Crippen LogP contribution >= 0.6 is 0 Å². The lowest BCUT2D eigenvalue weighted by Gasteiger charge is -2.19. The van der Waals surface area contributed by atoms with E-state index in [9.17, 15) is 9.59 Å². The Morgan fingerprint density at radius 1 is 1.12 bits per heavy atom. The number of amides is 2. The number of hydroxylamine groups is 1. The monoisotopic (exact) mass is 443 g/mol. The van der Waals surface area contributed by atoms with Gasteiger partial charge in [-0.15, -0.1) is 10.2 Å². The largest absolute Gasteiger partial charge is 0.465 e. The number of benzene rings is 1. The number of aryl methyl sites for hydroxylation is 1. The van der Waals surface area contributed by atoms with Crippen LogP contribution in [0.15, 0.2) is 18.2 Å². The van der Waals surface area contributed by atoms with Crippen molar-refractivity contribution in [3.8, 4) is 0 Å². The third kappa shape index (κ3) is 5.61. The number of aromatic nitrogens is 4. The molecule has 3 N–H and O–H groups in total. The highest BCUT2D eigenvalue weighted by molar-refractivity contribution is 5.94. The molecule has 0 aliphatic carbocycles. The van der Waals surface area contributed by atoms with Gasteiger partial charge in [0.15, 0.2) is 5.82 Å². The molecule has 2 amide bonds. The van der Waals surface area contributed by atoms with Gasteiger partial charge in [-0.25, -0.2) is 20.1 Å². The van der Waals surface area contributed by atoms with E-state index in [-0.39, 0.29) is 6.03 Å². The number of hydrogen-bond acceptors (Lipinski definition) is 8. The number of rotatable bonds is 8. The zero-order valence-corrected chi connectivity index (χ0v) is 19.0. The van der Waals surface area contributed by atoms with Crippen LogP contribution in [-0.4, -0.2) is 57.4 Å². The number of methoxy groups -OCH3 is 1. The van der Waals surface area contributed by atoms with E-state index in [1.54, 1.807) is 12.1 Å². The summed E-state index contributed by atoms with van der Waals surface area (Å²) in [5.41, 5.74) is 4.38. The van der Waals surface area contributed by atoms with E-state index in [0.29, 0.717) is 41.5 Å². The van der Waals surface area contributed by atoms with Crippen LogP contribution in [0.5, 0.6) is 0 Å². The summed E-state index contributed by atoms with van der Waals surface area (Å²) in [6, 6.07) is 4.82. The Balaban J connectivity index is 1.61. The van der Waals surface area contributed by atoms with Crippen LogP contribution in [-0.2, 0) is 9.57 Å². The topological polar surface area (TPSA) is 132 Å². The summed E-state index contributed by atoms with van der Waals surface area (Å²) < 4.78 is 6.70. The molecule has 1 aromatic carbocycles. The van der Waals surface area contributed by atoms with Crippen molar-refractivity contribution in [2.24, 2.45) is 0 Å². The highest BCUT2D eigenvalue weighted by Gasteiger charge is 2.15. The van der Waals surface area contributed by atoms with E-state index in [4.69, 9.17) is 9.57 Å².